The van der Waals surface area contributed by atoms with E-state index in [0.29, 0.717) is 12.8 Å². The van der Waals surface area contributed by atoms with Crippen molar-refractivity contribution in [1.82, 2.24) is 5.32 Å². The molecule has 1 heterocycles. The number of carbonyl (C=O) groups is 1. The molecular weight excluding hydrogens is 931 g/mol. The fourth-order valence-electron chi connectivity index (χ4n) is 10.1. The molecule has 0 aromatic carbocycles. The Hall–Kier alpha value is -1.67. The highest BCUT2D eigenvalue weighted by Gasteiger charge is 2.44. The number of hydrogen-bond acceptors (Lipinski definition) is 10. The minimum atomic E-state index is -1.67. The van der Waals surface area contributed by atoms with Crippen LogP contribution in [-0.4, -0.2) is 110 Å². The highest BCUT2D eigenvalue weighted by Crippen LogP contribution is 2.23. The van der Waals surface area contributed by atoms with E-state index in [1.165, 1.54) is 205 Å². The van der Waals surface area contributed by atoms with Gasteiger partial charge in [-0.05, 0) is 70.6 Å². The Labute approximate surface area is 454 Å². The van der Waals surface area contributed by atoms with Crippen LogP contribution in [0, 0.1) is 0 Å². The van der Waals surface area contributed by atoms with Crippen LogP contribution in [0.5, 0.6) is 0 Å². The van der Waals surface area contributed by atoms with Crippen molar-refractivity contribution in [1.29, 1.82) is 0 Å². The lowest BCUT2D eigenvalue weighted by molar-refractivity contribution is -0.303. The molecule has 9 atom stereocenters. The lowest BCUT2D eigenvalue weighted by atomic mass is 9.98. The van der Waals surface area contributed by atoms with Gasteiger partial charge >= 0.3 is 0 Å². The Morgan fingerprint density at radius 3 is 1.24 bits per heavy atom. The van der Waals surface area contributed by atoms with Crippen LogP contribution in [0.25, 0.3) is 0 Å². The molecule has 0 radical (unpaired) electrons. The van der Waals surface area contributed by atoms with E-state index in [1.807, 2.05) is 0 Å². The molecule has 436 valence electrons. The number of unbranched alkanes of at least 4 members (excludes halogenated alkanes) is 36. The van der Waals surface area contributed by atoms with E-state index in [9.17, 15) is 40.5 Å². The van der Waals surface area contributed by atoms with E-state index < -0.39 is 74.2 Å². The summed E-state index contributed by atoms with van der Waals surface area (Å²) in [5, 5.41) is 76.0. The second-order valence-corrected chi connectivity index (χ2v) is 22.1. The maximum atomic E-state index is 13.2. The first kappa shape index (κ1) is 70.3. The van der Waals surface area contributed by atoms with E-state index in [1.54, 1.807) is 0 Å². The van der Waals surface area contributed by atoms with Gasteiger partial charge in [0.2, 0.25) is 5.91 Å². The molecule has 1 aliphatic rings. The third kappa shape index (κ3) is 39.7. The molecule has 1 aliphatic heterocycles. The summed E-state index contributed by atoms with van der Waals surface area (Å²) in [6.45, 7) is 3.45. The van der Waals surface area contributed by atoms with E-state index in [0.717, 1.165) is 44.9 Å². The van der Waals surface area contributed by atoms with Gasteiger partial charge in [-0.25, -0.2) is 0 Å². The number of nitrogens with one attached hydrogen (secondary N) is 1. The normalized spacial score (nSPS) is 20.0. The first-order valence-corrected chi connectivity index (χ1v) is 31.4. The van der Waals surface area contributed by atoms with Crippen molar-refractivity contribution in [3.63, 3.8) is 0 Å². The van der Waals surface area contributed by atoms with Crippen molar-refractivity contribution in [3.8, 4) is 0 Å². The molecule has 0 aromatic rings. The molecule has 0 aliphatic carbocycles. The largest absolute Gasteiger partial charge is 0.394 e. The van der Waals surface area contributed by atoms with Crippen molar-refractivity contribution < 1.29 is 50.0 Å². The van der Waals surface area contributed by atoms with Crippen LogP contribution in [0.4, 0.5) is 0 Å². The fourth-order valence-corrected chi connectivity index (χ4v) is 10.1. The summed E-state index contributed by atoms with van der Waals surface area (Å²) in [4.78, 5) is 13.2. The zero-order chi connectivity index (χ0) is 54.0. The number of carbonyl (C=O) groups excluding carboxylic acids is 1. The average molecular weight is 1050 g/mol. The number of aliphatic hydroxyl groups is 7. The van der Waals surface area contributed by atoms with Crippen LogP contribution in [0.2, 0.25) is 0 Å². The first-order valence-electron chi connectivity index (χ1n) is 31.4. The smallest absolute Gasteiger partial charge is 0.249 e. The average Bonchev–Trinajstić information content (AvgIpc) is 3.40. The third-order valence-electron chi connectivity index (χ3n) is 15.2. The van der Waals surface area contributed by atoms with Crippen molar-refractivity contribution in [3.05, 3.63) is 36.5 Å². The van der Waals surface area contributed by atoms with Gasteiger partial charge in [0.1, 0.15) is 36.6 Å². The Bertz CT molecular complexity index is 1300. The van der Waals surface area contributed by atoms with Gasteiger partial charge in [0.25, 0.3) is 0 Å². The molecule has 0 spiro atoms. The standard InChI is InChI=1S/C63H119NO10/c1-3-5-7-9-11-13-15-17-18-19-20-21-22-23-24-25-26-27-28-29-30-31-32-33-34-35-36-37-39-41-43-45-47-49-51-56(67)62(72)64-54(53-73-63-61(71)60(70)59(69)57(52-65)74-63)58(68)55(66)50-48-46-44-42-40-38-16-14-12-10-8-6-4-2/h22-23,25-26,42,44,54-61,63,65-71H,3-21,24,27-41,43,45-53H2,1-2H3,(H,64,72)/b23-22-,26-25-,44-42+. The van der Waals surface area contributed by atoms with Crippen molar-refractivity contribution in [2.75, 3.05) is 13.2 Å². The number of allylic oxidation sites excluding steroid dienone is 6. The minimum absolute atomic E-state index is 0.255. The highest BCUT2D eigenvalue weighted by atomic mass is 16.7. The van der Waals surface area contributed by atoms with Crippen molar-refractivity contribution >= 4 is 5.91 Å². The fraction of sp³-hybridized carbons (Fsp3) is 0.889. The molecular formula is C63H119NO10. The maximum absolute atomic E-state index is 13.2. The molecule has 0 aromatic heterocycles. The van der Waals surface area contributed by atoms with Gasteiger partial charge in [-0.3, -0.25) is 4.79 Å². The monoisotopic (exact) mass is 1050 g/mol. The number of amides is 1. The number of rotatable bonds is 54. The Morgan fingerprint density at radius 1 is 0.473 bits per heavy atom. The van der Waals surface area contributed by atoms with Crippen molar-refractivity contribution in [2.45, 2.75) is 345 Å². The van der Waals surface area contributed by atoms with E-state index in [4.69, 9.17) is 9.47 Å². The molecule has 1 fully saturated rings. The lowest BCUT2D eigenvalue weighted by Gasteiger charge is -2.40. The summed E-state index contributed by atoms with van der Waals surface area (Å²) >= 11 is 0. The predicted molar refractivity (Wildman–Crippen MR) is 307 cm³/mol. The van der Waals surface area contributed by atoms with Gasteiger partial charge in [0.05, 0.1) is 25.4 Å². The zero-order valence-corrected chi connectivity index (χ0v) is 47.8. The van der Waals surface area contributed by atoms with Gasteiger partial charge in [-0.1, -0.05) is 256 Å². The molecule has 9 unspecified atom stereocenters. The molecule has 0 saturated carbocycles. The summed E-state index contributed by atoms with van der Waals surface area (Å²) in [6, 6.07) is -1.18. The van der Waals surface area contributed by atoms with E-state index in [2.05, 4.69) is 55.6 Å². The second kappa shape index (κ2) is 52.1. The maximum Gasteiger partial charge on any atom is 0.249 e. The number of hydrogen-bond donors (Lipinski definition) is 8. The van der Waals surface area contributed by atoms with Crippen molar-refractivity contribution in [2.24, 2.45) is 0 Å². The number of aliphatic hydroxyl groups excluding tert-OH is 7. The predicted octanol–water partition coefficient (Wildman–Crippen LogP) is 13.9. The molecule has 11 nitrogen and oxygen atoms in total. The van der Waals surface area contributed by atoms with Gasteiger partial charge < -0.3 is 50.5 Å². The Kier molecular flexibility index (Phi) is 49.5. The van der Waals surface area contributed by atoms with E-state index in [-0.39, 0.29) is 12.8 Å². The van der Waals surface area contributed by atoms with Crippen LogP contribution in [0.15, 0.2) is 36.5 Å². The lowest BCUT2D eigenvalue weighted by Crippen LogP contribution is -2.60. The third-order valence-corrected chi connectivity index (χ3v) is 15.2. The SMILES string of the molecule is CCCCCCCCCC/C=C/CCCC(O)C(O)C(COC1OC(CO)C(O)C(O)C1O)NC(=O)C(O)CCCCCCCCCCCCCCCCCC/C=C\C/C=C\CCCCCCCCCCCCC. The van der Waals surface area contributed by atoms with Crippen LogP contribution >= 0.6 is 0 Å². The second-order valence-electron chi connectivity index (χ2n) is 22.1. The van der Waals surface area contributed by atoms with Crippen LogP contribution in [0.3, 0.4) is 0 Å². The first-order chi connectivity index (χ1) is 36.2. The molecule has 1 amide bonds. The molecule has 0 bridgehead atoms. The summed E-state index contributed by atoms with van der Waals surface area (Å²) in [5.41, 5.74) is 0. The molecule has 11 heteroatoms. The summed E-state index contributed by atoms with van der Waals surface area (Å²) in [5.74, 6) is -0.704. The molecule has 1 saturated heterocycles. The highest BCUT2D eigenvalue weighted by molar-refractivity contribution is 5.80. The topological polar surface area (TPSA) is 189 Å². The Balaban J connectivity index is 2.17. The molecule has 1 rings (SSSR count). The van der Waals surface area contributed by atoms with Crippen LogP contribution in [0.1, 0.15) is 290 Å². The molecule has 8 N–H and O–H groups in total. The Morgan fingerprint density at radius 2 is 0.838 bits per heavy atom. The molecule has 74 heavy (non-hydrogen) atoms. The summed E-state index contributed by atoms with van der Waals surface area (Å²) in [6.07, 6.45) is 53.8. The van der Waals surface area contributed by atoms with Crippen LogP contribution in [-0.2, 0) is 14.3 Å². The summed E-state index contributed by atoms with van der Waals surface area (Å²) in [7, 11) is 0. The van der Waals surface area contributed by atoms with Crippen LogP contribution < -0.4 is 5.32 Å². The van der Waals surface area contributed by atoms with Gasteiger partial charge in [0, 0.05) is 0 Å². The minimum Gasteiger partial charge on any atom is -0.394 e. The van der Waals surface area contributed by atoms with E-state index >= 15 is 0 Å². The van der Waals surface area contributed by atoms with Gasteiger partial charge in [0.15, 0.2) is 6.29 Å². The zero-order valence-electron chi connectivity index (χ0n) is 47.8. The summed E-state index contributed by atoms with van der Waals surface area (Å²) < 4.78 is 11.1. The van der Waals surface area contributed by atoms with Gasteiger partial charge in [-0.2, -0.15) is 0 Å². The van der Waals surface area contributed by atoms with Gasteiger partial charge in [-0.15, -0.1) is 0 Å². The quantitative estimate of drug-likeness (QED) is 0.0215. The number of ether oxygens (including phenoxy) is 2.